The summed E-state index contributed by atoms with van der Waals surface area (Å²) in [6.07, 6.45) is 0. The average molecular weight is 369 g/mol. The fourth-order valence-electron chi connectivity index (χ4n) is 1.94. The first-order valence-electron chi connectivity index (χ1n) is 6.55. The van der Waals surface area contributed by atoms with Crippen LogP contribution in [0.3, 0.4) is 0 Å². The van der Waals surface area contributed by atoms with Crippen molar-refractivity contribution in [3.63, 3.8) is 0 Å². The van der Waals surface area contributed by atoms with Crippen molar-refractivity contribution in [2.24, 2.45) is 0 Å². The third-order valence-electron chi connectivity index (χ3n) is 2.87. The highest BCUT2D eigenvalue weighted by Crippen LogP contribution is 2.28. The van der Waals surface area contributed by atoms with Crippen molar-refractivity contribution in [2.75, 3.05) is 11.9 Å². The molecule has 0 saturated heterocycles. The molecule has 5 heteroatoms. The summed E-state index contributed by atoms with van der Waals surface area (Å²) in [5, 5.41) is 3.70. The smallest absolute Gasteiger partial charge is 0.333 e. The molecule has 110 valence electrons. The molecule has 0 bridgehead atoms. The van der Waals surface area contributed by atoms with Crippen molar-refractivity contribution in [3.8, 4) is 0 Å². The van der Waals surface area contributed by atoms with Crippen molar-refractivity contribution in [2.45, 2.75) is 13.0 Å². The third-order valence-corrected chi connectivity index (χ3v) is 3.71. The molecule has 0 aromatic heterocycles. The third kappa shape index (κ3) is 4.22. The number of benzene rings is 2. The average Bonchev–Trinajstić information content (AvgIpc) is 2.46. The summed E-state index contributed by atoms with van der Waals surface area (Å²) < 4.78 is 6.07. The summed E-state index contributed by atoms with van der Waals surface area (Å²) in [5.41, 5.74) is 1.50. The standard InChI is InChI=1S/C16H15BrClNO2/c1-2-21-16(20)15(13-8-3-4-9-14(13)18)19-12-7-5-6-11(17)10-12/h3-10,15,19H,2H2,1H3. The topological polar surface area (TPSA) is 38.3 Å². The van der Waals surface area contributed by atoms with E-state index in [-0.39, 0.29) is 5.97 Å². The molecule has 0 radical (unpaired) electrons. The van der Waals surface area contributed by atoms with E-state index in [1.54, 1.807) is 13.0 Å². The summed E-state index contributed by atoms with van der Waals surface area (Å²) in [5.74, 6) is -0.356. The second-order valence-electron chi connectivity index (χ2n) is 4.36. The Bertz CT molecular complexity index is 633. The Morgan fingerprint density at radius 3 is 2.71 bits per heavy atom. The van der Waals surface area contributed by atoms with Gasteiger partial charge in [0, 0.05) is 20.7 Å². The molecule has 21 heavy (non-hydrogen) atoms. The van der Waals surface area contributed by atoms with E-state index >= 15 is 0 Å². The summed E-state index contributed by atoms with van der Waals surface area (Å²) >= 11 is 9.61. The lowest BCUT2D eigenvalue weighted by Crippen LogP contribution is -2.23. The number of esters is 1. The first-order chi connectivity index (χ1) is 10.1. The van der Waals surface area contributed by atoms with Crippen LogP contribution in [0.2, 0.25) is 5.02 Å². The van der Waals surface area contributed by atoms with Gasteiger partial charge >= 0.3 is 5.97 Å². The number of halogens is 2. The van der Waals surface area contributed by atoms with E-state index in [1.165, 1.54) is 0 Å². The molecule has 3 nitrogen and oxygen atoms in total. The van der Waals surface area contributed by atoms with Crippen LogP contribution in [0.4, 0.5) is 5.69 Å². The zero-order valence-electron chi connectivity index (χ0n) is 11.5. The first kappa shape index (κ1) is 15.9. The predicted octanol–water partition coefficient (Wildman–Crippen LogP) is 4.82. The molecule has 0 aliphatic heterocycles. The fraction of sp³-hybridized carbons (Fsp3) is 0.188. The molecular formula is C16H15BrClNO2. The maximum atomic E-state index is 12.2. The molecule has 0 heterocycles. The minimum Gasteiger partial charge on any atom is -0.464 e. The van der Waals surface area contributed by atoms with Crippen LogP contribution in [0, 0.1) is 0 Å². The summed E-state index contributed by atoms with van der Waals surface area (Å²) in [6.45, 7) is 2.10. The number of rotatable bonds is 5. The van der Waals surface area contributed by atoms with Crippen molar-refractivity contribution in [3.05, 3.63) is 63.6 Å². The van der Waals surface area contributed by atoms with Crippen LogP contribution in [0.25, 0.3) is 0 Å². The Balaban J connectivity index is 2.33. The van der Waals surface area contributed by atoms with Gasteiger partial charge in [-0.05, 0) is 31.2 Å². The maximum Gasteiger partial charge on any atom is 0.333 e. The molecular weight excluding hydrogens is 354 g/mol. The number of anilines is 1. The molecule has 1 unspecified atom stereocenters. The second kappa shape index (κ2) is 7.48. The number of carbonyl (C=O) groups is 1. The molecule has 2 aromatic rings. The zero-order chi connectivity index (χ0) is 15.2. The van der Waals surface area contributed by atoms with Crippen LogP contribution >= 0.6 is 27.5 Å². The number of hydrogen-bond donors (Lipinski definition) is 1. The Morgan fingerprint density at radius 2 is 2.05 bits per heavy atom. The van der Waals surface area contributed by atoms with E-state index in [1.807, 2.05) is 42.5 Å². The monoisotopic (exact) mass is 367 g/mol. The Hall–Kier alpha value is -1.52. The van der Waals surface area contributed by atoms with Crippen molar-refractivity contribution < 1.29 is 9.53 Å². The van der Waals surface area contributed by atoms with Crippen molar-refractivity contribution >= 4 is 39.2 Å². The van der Waals surface area contributed by atoms with E-state index in [2.05, 4.69) is 21.2 Å². The Morgan fingerprint density at radius 1 is 1.29 bits per heavy atom. The van der Waals surface area contributed by atoms with Gasteiger partial charge in [-0.15, -0.1) is 0 Å². The van der Waals surface area contributed by atoms with E-state index in [9.17, 15) is 4.79 Å². The largest absolute Gasteiger partial charge is 0.464 e. The van der Waals surface area contributed by atoms with Crippen LogP contribution in [0.1, 0.15) is 18.5 Å². The lowest BCUT2D eigenvalue weighted by molar-refractivity contribution is -0.144. The molecule has 2 aromatic carbocycles. The van der Waals surface area contributed by atoms with Gasteiger partial charge < -0.3 is 10.1 Å². The van der Waals surface area contributed by atoms with Crippen LogP contribution in [-0.4, -0.2) is 12.6 Å². The van der Waals surface area contributed by atoms with Gasteiger partial charge in [-0.2, -0.15) is 0 Å². The van der Waals surface area contributed by atoms with Crippen molar-refractivity contribution in [1.29, 1.82) is 0 Å². The van der Waals surface area contributed by atoms with E-state index in [0.29, 0.717) is 17.2 Å². The van der Waals surface area contributed by atoms with Gasteiger partial charge in [0.05, 0.1) is 6.61 Å². The Labute approximate surface area is 137 Å². The molecule has 2 rings (SSSR count). The lowest BCUT2D eigenvalue weighted by atomic mass is 10.1. The zero-order valence-corrected chi connectivity index (χ0v) is 13.8. The van der Waals surface area contributed by atoms with Crippen LogP contribution in [-0.2, 0) is 9.53 Å². The molecule has 0 amide bonds. The van der Waals surface area contributed by atoms with Crippen LogP contribution < -0.4 is 5.32 Å². The number of ether oxygens (including phenoxy) is 1. The van der Waals surface area contributed by atoms with Crippen LogP contribution in [0.5, 0.6) is 0 Å². The van der Waals surface area contributed by atoms with Gasteiger partial charge in [0.25, 0.3) is 0 Å². The highest BCUT2D eigenvalue weighted by Gasteiger charge is 2.24. The first-order valence-corrected chi connectivity index (χ1v) is 7.72. The maximum absolute atomic E-state index is 12.2. The van der Waals surface area contributed by atoms with Gasteiger partial charge in [0.2, 0.25) is 0 Å². The second-order valence-corrected chi connectivity index (χ2v) is 5.68. The van der Waals surface area contributed by atoms with Crippen LogP contribution in [0.15, 0.2) is 53.0 Å². The van der Waals surface area contributed by atoms with Gasteiger partial charge in [-0.3, -0.25) is 0 Å². The minimum atomic E-state index is -0.645. The highest BCUT2D eigenvalue weighted by atomic mass is 79.9. The number of hydrogen-bond acceptors (Lipinski definition) is 3. The molecule has 0 aliphatic rings. The van der Waals surface area contributed by atoms with E-state index in [0.717, 1.165) is 10.2 Å². The van der Waals surface area contributed by atoms with Crippen molar-refractivity contribution in [1.82, 2.24) is 0 Å². The highest BCUT2D eigenvalue weighted by molar-refractivity contribution is 9.10. The Kier molecular flexibility index (Phi) is 5.65. The summed E-state index contributed by atoms with van der Waals surface area (Å²) in [4.78, 5) is 12.2. The van der Waals surface area contributed by atoms with Gasteiger partial charge in [0.1, 0.15) is 0 Å². The quantitative estimate of drug-likeness (QED) is 0.769. The van der Waals surface area contributed by atoms with Gasteiger partial charge in [-0.25, -0.2) is 4.79 Å². The normalized spacial score (nSPS) is 11.8. The molecule has 0 saturated carbocycles. The number of carbonyl (C=O) groups excluding carboxylic acids is 1. The lowest BCUT2D eigenvalue weighted by Gasteiger charge is -2.20. The van der Waals surface area contributed by atoms with Gasteiger partial charge in [-0.1, -0.05) is 51.8 Å². The molecule has 0 spiro atoms. The molecule has 0 fully saturated rings. The molecule has 0 aliphatic carbocycles. The summed E-state index contributed by atoms with van der Waals surface area (Å²) in [6, 6.07) is 14.2. The minimum absolute atomic E-state index is 0.319. The summed E-state index contributed by atoms with van der Waals surface area (Å²) in [7, 11) is 0. The number of nitrogens with one attached hydrogen (secondary N) is 1. The van der Waals surface area contributed by atoms with E-state index < -0.39 is 6.04 Å². The molecule has 1 N–H and O–H groups in total. The molecule has 1 atom stereocenters. The SMILES string of the molecule is CCOC(=O)C(Nc1cccc(Br)c1)c1ccccc1Cl. The fourth-order valence-corrected chi connectivity index (χ4v) is 2.59. The van der Waals surface area contributed by atoms with Gasteiger partial charge in [0.15, 0.2) is 6.04 Å². The predicted molar refractivity (Wildman–Crippen MR) is 88.6 cm³/mol. The van der Waals surface area contributed by atoms with E-state index in [4.69, 9.17) is 16.3 Å².